The molecule has 0 aromatic carbocycles. The zero-order valence-corrected chi connectivity index (χ0v) is 18.9. The Morgan fingerprint density at radius 3 is 2.70 bits per heavy atom. The average molecular weight is 447 g/mol. The van der Waals surface area contributed by atoms with Crippen LogP contribution in [0.4, 0.5) is 11.4 Å². The van der Waals surface area contributed by atoms with Crippen LogP contribution in [0.25, 0.3) is 6.08 Å². The van der Waals surface area contributed by atoms with Gasteiger partial charge in [0.2, 0.25) is 0 Å². The SMILES string of the molecule is CNC(=O)c1ccc(N2CCN(Cc3cnc4c(c3)NC(O)C(C3CC3)=C4)[C@H]3CC[C@H]32)cn1. The number of rotatable bonds is 5. The molecule has 4 aliphatic rings. The Morgan fingerprint density at radius 1 is 1.15 bits per heavy atom. The Labute approximate surface area is 193 Å². The summed E-state index contributed by atoms with van der Waals surface area (Å²) >= 11 is 0. The monoisotopic (exact) mass is 446 g/mol. The van der Waals surface area contributed by atoms with Crippen LogP contribution < -0.4 is 15.5 Å². The minimum absolute atomic E-state index is 0.159. The molecule has 3 N–H and O–H groups in total. The van der Waals surface area contributed by atoms with Crippen LogP contribution in [0, 0.1) is 5.92 Å². The molecule has 1 saturated heterocycles. The second-order valence-corrected chi connectivity index (χ2v) is 9.60. The number of carbonyl (C=O) groups is 1. The lowest BCUT2D eigenvalue weighted by atomic mass is 9.81. The van der Waals surface area contributed by atoms with Crippen molar-refractivity contribution in [1.29, 1.82) is 0 Å². The fraction of sp³-hybridized carbons (Fsp3) is 0.480. The van der Waals surface area contributed by atoms with Crippen LogP contribution in [0.1, 0.15) is 47.4 Å². The largest absolute Gasteiger partial charge is 0.370 e. The van der Waals surface area contributed by atoms with Gasteiger partial charge in [0.1, 0.15) is 11.9 Å². The van der Waals surface area contributed by atoms with Crippen molar-refractivity contribution in [1.82, 2.24) is 20.2 Å². The van der Waals surface area contributed by atoms with E-state index in [2.05, 4.69) is 37.6 Å². The van der Waals surface area contributed by atoms with E-state index in [1.165, 1.54) is 31.2 Å². The van der Waals surface area contributed by atoms with E-state index < -0.39 is 6.23 Å². The van der Waals surface area contributed by atoms with Crippen molar-refractivity contribution < 1.29 is 9.90 Å². The second kappa shape index (κ2) is 8.11. The molecule has 0 radical (unpaired) electrons. The number of hydrogen-bond donors (Lipinski definition) is 3. The molecule has 4 heterocycles. The summed E-state index contributed by atoms with van der Waals surface area (Å²) in [5.41, 5.74) is 5.65. The number of hydrogen-bond acceptors (Lipinski definition) is 7. The normalized spacial score (nSPS) is 26.4. The molecule has 2 aliphatic heterocycles. The quantitative estimate of drug-likeness (QED) is 0.648. The minimum Gasteiger partial charge on any atom is -0.370 e. The summed E-state index contributed by atoms with van der Waals surface area (Å²) in [5, 5.41) is 16.3. The molecule has 0 bridgehead atoms. The number of pyridine rings is 2. The summed E-state index contributed by atoms with van der Waals surface area (Å²) in [5.74, 6) is 0.358. The van der Waals surface area contributed by atoms with Gasteiger partial charge < -0.3 is 20.6 Å². The lowest BCUT2D eigenvalue weighted by molar-refractivity contribution is 0.0658. The molecule has 33 heavy (non-hydrogen) atoms. The van der Waals surface area contributed by atoms with Crippen LogP contribution >= 0.6 is 0 Å². The lowest BCUT2D eigenvalue weighted by Crippen LogP contribution is -2.64. The highest BCUT2D eigenvalue weighted by atomic mass is 16.3. The maximum Gasteiger partial charge on any atom is 0.269 e. The molecular formula is C25H30N6O2. The van der Waals surface area contributed by atoms with Gasteiger partial charge in [-0.1, -0.05) is 0 Å². The van der Waals surface area contributed by atoms with Gasteiger partial charge in [0.15, 0.2) is 0 Å². The van der Waals surface area contributed by atoms with E-state index in [0.29, 0.717) is 23.7 Å². The predicted molar refractivity (Wildman–Crippen MR) is 127 cm³/mol. The number of nitrogens with one attached hydrogen (secondary N) is 2. The van der Waals surface area contributed by atoms with Gasteiger partial charge in [-0.25, -0.2) is 4.98 Å². The molecule has 172 valence electrons. The van der Waals surface area contributed by atoms with Gasteiger partial charge in [-0.15, -0.1) is 0 Å². The van der Waals surface area contributed by atoms with Gasteiger partial charge in [-0.05, 0) is 67.0 Å². The van der Waals surface area contributed by atoms with Gasteiger partial charge in [0.05, 0.1) is 23.3 Å². The van der Waals surface area contributed by atoms with Crippen molar-refractivity contribution in [3.63, 3.8) is 0 Å². The molecule has 2 aromatic rings. The van der Waals surface area contributed by atoms with Gasteiger partial charge in [0, 0.05) is 45.0 Å². The molecule has 0 spiro atoms. The Balaban J connectivity index is 1.14. The molecule has 6 rings (SSSR count). The van der Waals surface area contributed by atoms with E-state index in [9.17, 15) is 9.90 Å². The van der Waals surface area contributed by atoms with E-state index >= 15 is 0 Å². The Hall–Kier alpha value is -2.97. The molecule has 3 atom stereocenters. The Kier molecular flexibility index (Phi) is 5.07. The van der Waals surface area contributed by atoms with Crippen molar-refractivity contribution in [2.24, 2.45) is 5.92 Å². The molecule has 2 aliphatic carbocycles. The molecule has 8 heteroatoms. The number of piperazine rings is 1. The summed E-state index contributed by atoms with van der Waals surface area (Å²) in [4.78, 5) is 25.8. The highest BCUT2D eigenvalue weighted by Gasteiger charge is 2.43. The predicted octanol–water partition coefficient (Wildman–Crippen LogP) is 2.23. The number of aromatic nitrogens is 2. The summed E-state index contributed by atoms with van der Waals surface area (Å²) in [7, 11) is 1.62. The van der Waals surface area contributed by atoms with E-state index in [-0.39, 0.29) is 5.91 Å². The lowest BCUT2D eigenvalue weighted by Gasteiger charge is -2.54. The Bertz CT molecular complexity index is 1100. The number of nitrogens with zero attached hydrogens (tertiary/aromatic N) is 4. The first kappa shape index (κ1) is 20.6. The van der Waals surface area contributed by atoms with E-state index in [0.717, 1.165) is 42.3 Å². The van der Waals surface area contributed by atoms with E-state index in [4.69, 9.17) is 4.98 Å². The first-order valence-corrected chi connectivity index (χ1v) is 11.9. The van der Waals surface area contributed by atoms with Crippen LogP contribution in [0.5, 0.6) is 0 Å². The van der Waals surface area contributed by atoms with E-state index in [1.807, 2.05) is 18.5 Å². The maximum atomic E-state index is 11.8. The fourth-order valence-corrected chi connectivity index (χ4v) is 5.45. The van der Waals surface area contributed by atoms with Crippen molar-refractivity contribution >= 4 is 23.4 Å². The number of aliphatic hydroxyl groups is 1. The first-order valence-electron chi connectivity index (χ1n) is 11.9. The first-order chi connectivity index (χ1) is 16.1. The molecule has 1 amide bonds. The van der Waals surface area contributed by atoms with Gasteiger partial charge in [-0.3, -0.25) is 14.7 Å². The maximum absolute atomic E-state index is 11.8. The molecular weight excluding hydrogens is 416 g/mol. The zero-order chi connectivity index (χ0) is 22.5. The van der Waals surface area contributed by atoms with Gasteiger partial charge in [-0.2, -0.15) is 0 Å². The number of anilines is 2. The second-order valence-electron chi connectivity index (χ2n) is 9.60. The summed E-state index contributed by atoms with van der Waals surface area (Å²) in [6.45, 7) is 2.77. The Morgan fingerprint density at radius 2 is 2.00 bits per heavy atom. The summed E-state index contributed by atoms with van der Waals surface area (Å²) in [6, 6.07) is 6.94. The van der Waals surface area contributed by atoms with E-state index in [1.54, 1.807) is 13.1 Å². The number of carbonyl (C=O) groups excluding carboxylic acids is 1. The number of aliphatic hydroxyl groups excluding tert-OH is 1. The van der Waals surface area contributed by atoms with Crippen LogP contribution in [0.15, 0.2) is 36.2 Å². The minimum atomic E-state index is -0.593. The smallest absolute Gasteiger partial charge is 0.269 e. The number of amides is 1. The summed E-state index contributed by atoms with van der Waals surface area (Å²) in [6.07, 6.45) is 9.98. The molecule has 2 aromatic heterocycles. The molecule has 8 nitrogen and oxygen atoms in total. The zero-order valence-electron chi connectivity index (χ0n) is 18.9. The van der Waals surface area contributed by atoms with Crippen molar-refractivity contribution in [2.45, 2.75) is 50.5 Å². The van der Waals surface area contributed by atoms with Crippen LogP contribution in [-0.2, 0) is 6.54 Å². The van der Waals surface area contributed by atoms with Crippen molar-refractivity contribution in [3.8, 4) is 0 Å². The third kappa shape index (κ3) is 3.77. The topological polar surface area (TPSA) is 93.6 Å². The standard InChI is InChI=1S/C25H30N6O2/c1-26-25(33)19-5-4-17(13-28-19)31-9-8-30(22-6-7-23(22)31)14-15-10-21-20(27-12-15)11-18(16-2-3-16)24(32)29-21/h4-5,10-13,16,22-24,29,32H,2-3,6-9,14H2,1H3,(H,26,33)/t22-,23+,24?/m0/s1. The van der Waals surface area contributed by atoms with Crippen LogP contribution in [0.3, 0.4) is 0 Å². The van der Waals surface area contributed by atoms with Gasteiger partial charge >= 0.3 is 0 Å². The van der Waals surface area contributed by atoms with Crippen molar-refractivity contribution in [2.75, 3.05) is 30.4 Å². The number of fused-ring (bicyclic) bond motifs is 2. The van der Waals surface area contributed by atoms with Crippen LogP contribution in [0.2, 0.25) is 0 Å². The fourth-order valence-electron chi connectivity index (χ4n) is 5.45. The van der Waals surface area contributed by atoms with Gasteiger partial charge in [0.25, 0.3) is 5.91 Å². The highest BCUT2D eigenvalue weighted by molar-refractivity contribution is 5.92. The summed E-state index contributed by atoms with van der Waals surface area (Å²) < 4.78 is 0. The molecule has 2 saturated carbocycles. The average Bonchev–Trinajstić information content (AvgIpc) is 3.64. The molecule has 1 unspecified atom stereocenters. The third-order valence-corrected chi connectivity index (χ3v) is 7.56. The van der Waals surface area contributed by atoms with Crippen LogP contribution in [-0.4, -0.2) is 64.3 Å². The van der Waals surface area contributed by atoms with Crippen molar-refractivity contribution in [3.05, 3.63) is 53.1 Å². The molecule has 3 fully saturated rings. The highest BCUT2D eigenvalue weighted by Crippen LogP contribution is 2.42. The third-order valence-electron chi connectivity index (χ3n) is 7.56.